The van der Waals surface area contributed by atoms with Crippen molar-refractivity contribution in [1.29, 1.82) is 0 Å². The summed E-state index contributed by atoms with van der Waals surface area (Å²) in [4.78, 5) is 18.4. The maximum absolute atomic E-state index is 12.2. The van der Waals surface area contributed by atoms with Gasteiger partial charge in [0.25, 0.3) is 0 Å². The standard InChI is InChI=1S/C16H25N3O2/c1-2-10-19(11-8-14-6-3-4-9-17-14)16(20)18-13-15-7-5-12-21-15/h3-4,6,9,15H,2,5,7-8,10-13H2,1H3,(H,18,20)/t15-/m1/s1. The first-order valence-corrected chi connectivity index (χ1v) is 7.84. The number of amides is 2. The zero-order valence-corrected chi connectivity index (χ0v) is 12.8. The van der Waals surface area contributed by atoms with Crippen molar-refractivity contribution in [2.75, 3.05) is 26.2 Å². The number of nitrogens with zero attached hydrogens (tertiary/aromatic N) is 2. The highest BCUT2D eigenvalue weighted by atomic mass is 16.5. The molecule has 2 amide bonds. The van der Waals surface area contributed by atoms with Crippen molar-refractivity contribution < 1.29 is 9.53 Å². The molecule has 0 aromatic carbocycles. The van der Waals surface area contributed by atoms with Crippen LogP contribution < -0.4 is 5.32 Å². The monoisotopic (exact) mass is 291 g/mol. The number of pyridine rings is 1. The number of aromatic nitrogens is 1. The zero-order chi connectivity index (χ0) is 14.9. The lowest BCUT2D eigenvalue weighted by Gasteiger charge is -2.23. The lowest BCUT2D eigenvalue weighted by molar-refractivity contribution is 0.109. The molecule has 1 fully saturated rings. The van der Waals surface area contributed by atoms with Crippen LogP contribution in [0.4, 0.5) is 4.79 Å². The Balaban J connectivity index is 1.77. The van der Waals surface area contributed by atoms with Crippen molar-refractivity contribution in [3.8, 4) is 0 Å². The molecule has 0 bridgehead atoms. The predicted octanol–water partition coefficient (Wildman–Crippen LogP) is 2.22. The molecule has 116 valence electrons. The van der Waals surface area contributed by atoms with Crippen LogP contribution in [-0.2, 0) is 11.2 Å². The second-order valence-corrected chi connectivity index (χ2v) is 5.38. The smallest absolute Gasteiger partial charge is 0.317 e. The third-order valence-corrected chi connectivity index (χ3v) is 3.65. The summed E-state index contributed by atoms with van der Waals surface area (Å²) in [5, 5.41) is 2.99. The zero-order valence-electron chi connectivity index (χ0n) is 12.8. The van der Waals surface area contributed by atoms with E-state index < -0.39 is 0 Å². The molecule has 5 nitrogen and oxygen atoms in total. The third kappa shape index (κ3) is 5.34. The fourth-order valence-electron chi connectivity index (χ4n) is 2.50. The molecule has 2 heterocycles. The van der Waals surface area contributed by atoms with E-state index in [1.807, 2.05) is 23.1 Å². The van der Waals surface area contributed by atoms with Gasteiger partial charge in [0.15, 0.2) is 0 Å². The van der Waals surface area contributed by atoms with E-state index in [-0.39, 0.29) is 12.1 Å². The highest BCUT2D eigenvalue weighted by molar-refractivity contribution is 5.74. The number of hydrogen-bond donors (Lipinski definition) is 1. The van der Waals surface area contributed by atoms with Crippen LogP contribution >= 0.6 is 0 Å². The SMILES string of the molecule is CCCN(CCc1ccccn1)C(=O)NC[C@H]1CCCO1. The number of ether oxygens (including phenoxy) is 1. The quantitative estimate of drug-likeness (QED) is 0.838. The molecule has 1 aromatic heterocycles. The molecule has 1 aliphatic rings. The average molecular weight is 291 g/mol. The minimum Gasteiger partial charge on any atom is -0.376 e. The van der Waals surface area contributed by atoms with Gasteiger partial charge < -0.3 is 15.0 Å². The van der Waals surface area contributed by atoms with E-state index in [4.69, 9.17) is 4.74 Å². The van der Waals surface area contributed by atoms with Gasteiger partial charge in [-0.05, 0) is 31.4 Å². The van der Waals surface area contributed by atoms with E-state index in [0.29, 0.717) is 13.1 Å². The molecule has 1 saturated heterocycles. The minimum absolute atomic E-state index is 0.00304. The Labute approximate surface area is 126 Å². The van der Waals surface area contributed by atoms with Crippen LogP contribution in [0, 0.1) is 0 Å². The topological polar surface area (TPSA) is 54.5 Å². The maximum Gasteiger partial charge on any atom is 0.317 e. The molecular formula is C16H25N3O2. The summed E-state index contributed by atoms with van der Waals surface area (Å²) in [6.45, 7) is 4.98. The fraction of sp³-hybridized carbons (Fsp3) is 0.625. The van der Waals surface area contributed by atoms with Crippen molar-refractivity contribution >= 4 is 6.03 Å². The van der Waals surface area contributed by atoms with E-state index in [1.54, 1.807) is 6.20 Å². The highest BCUT2D eigenvalue weighted by Crippen LogP contribution is 2.10. The van der Waals surface area contributed by atoms with Gasteiger partial charge in [0.1, 0.15) is 0 Å². The Kier molecular flexibility index (Phi) is 6.47. The van der Waals surface area contributed by atoms with Crippen molar-refractivity contribution in [2.45, 2.75) is 38.7 Å². The molecule has 0 radical (unpaired) electrons. The molecule has 0 spiro atoms. The lowest BCUT2D eigenvalue weighted by Crippen LogP contribution is -2.44. The highest BCUT2D eigenvalue weighted by Gasteiger charge is 2.18. The van der Waals surface area contributed by atoms with Gasteiger partial charge in [-0.25, -0.2) is 4.79 Å². The molecule has 5 heteroatoms. The van der Waals surface area contributed by atoms with Crippen molar-refractivity contribution in [2.24, 2.45) is 0 Å². The van der Waals surface area contributed by atoms with E-state index >= 15 is 0 Å². The molecular weight excluding hydrogens is 266 g/mol. The van der Waals surface area contributed by atoms with Crippen LogP contribution in [0.5, 0.6) is 0 Å². The van der Waals surface area contributed by atoms with Crippen molar-refractivity contribution in [3.63, 3.8) is 0 Å². The van der Waals surface area contributed by atoms with E-state index in [0.717, 1.165) is 44.5 Å². The minimum atomic E-state index is 0.00304. The molecule has 1 atom stereocenters. The summed E-state index contributed by atoms with van der Waals surface area (Å²) in [7, 11) is 0. The first kappa shape index (κ1) is 15.8. The van der Waals surface area contributed by atoms with Crippen LogP contribution in [0.2, 0.25) is 0 Å². The molecule has 0 saturated carbocycles. The third-order valence-electron chi connectivity index (χ3n) is 3.65. The summed E-state index contributed by atoms with van der Waals surface area (Å²) in [6.07, 6.45) is 5.86. The van der Waals surface area contributed by atoms with E-state index in [2.05, 4.69) is 17.2 Å². The Morgan fingerprint density at radius 3 is 3.05 bits per heavy atom. The van der Waals surface area contributed by atoms with Gasteiger partial charge in [-0.2, -0.15) is 0 Å². The molecule has 1 N–H and O–H groups in total. The first-order valence-electron chi connectivity index (χ1n) is 7.84. The van der Waals surface area contributed by atoms with Gasteiger partial charge in [0.2, 0.25) is 0 Å². The predicted molar refractivity (Wildman–Crippen MR) is 82.2 cm³/mol. The molecule has 1 aliphatic heterocycles. The van der Waals surface area contributed by atoms with Crippen LogP contribution in [0.1, 0.15) is 31.9 Å². The fourth-order valence-corrected chi connectivity index (χ4v) is 2.50. The Morgan fingerprint density at radius 2 is 2.38 bits per heavy atom. The Bertz CT molecular complexity index is 419. The van der Waals surface area contributed by atoms with Crippen LogP contribution in [0.3, 0.4) is 0 Å². The van der Waals surface area contributed by atoms with Crippen LogP contribution in [0.25, 0.3) is 0 Å². The summed E-state index contributed by atoms with van der Waals surface area (Å²) in [6, 6.07) is 5.88. The van der Waals surface area contributed by atoms with Gasteiger partial charge in [-0.3, -0.25) is 4.98 Å². The molecule has 0 unspecified atom stereocenters. The molecule has 21 heavy (non-hydrogen) atoms. The van der Waals surface area contributed by atoms with Crippen LogP contribution in [-0.4, -0.2) is 48.3 Å². The van der Waals surface area contributed by atoms with Gasteiger partial charge >= 0.3 is 6.03 Å². The maximum atomic E-state index is 12.2. The number of carbonyl (C=O) groups is 1. The lowest BCUT2D eigenvalue weighted by atomic mass is 10.2. The second-order valence-electron chi connectivity index (χ2n) is 5.38. The van der Waals surface area contributed by atoms with Gasteiger partial charge in [-0.1, -0.05) is 13.0 Å². The molecule has 2 rings (SSSR count). The largest absolute Gasteiger partial charge is 0.376 e. The average Bonchev–Trinajstić information content (AvgIpc) is 3.03. The van der Waals surface area contributed by atoms with Gasteiger partial charge in [0, 0.05) is 44.6 Å². The first-order chi connectivity index (χ1) is 10.3. The van der Waals surface area contributed by atoms with Crippen LogP contribution in [0.15, 0.2) is 24.4 Å². The van der Waals surface area contributed by atoms with E-state index in [9.17, 15) is 4.79 Å². The molecule has 0 aliphatic carbocycles. The Hall–Kier alpha value is -1.62. The summed E-state index contributed by atoms with van der Waals surface area (Å²) >= 11 is 0. The van der Waals surface area contributed by atoms with Gasteiger partial charge in [-0.15, -0.1) is 0 Å². The number of carbonyl (C=O) groups excluding carboxylic acids is 1. The summed E-state index contributed by atoms with van der Waals surface area (Å²) in [5.74, 6) is 0. The molecule has 1 aromatic rings. The summed E-state index contributed by atoms with van der Waals surface area (Å²) < 4.78 is 5.53. The number of nitrogens with one attached hydrogen (secondary N) is 1. The number of hydrogen-bond acceptors (Lipinski definition) is 3. The van der Waals surface area contributed by atoms with E-state index in [1.165, 1.54) is 0 Å². The number of rotatable bonds is 7. The number of urea groups is 1. The second kappa shape index (κ2) is 8.62. The Morgan fingerprint density at radius 1 is 1.48 bits per heavy atom. The van der Waals surface area contributed by atoms with Crippen molar-refractivity contribution in [3.05, 3.63) is 30.1 Å². The van der Waals surface area contributed by atoms with Crippen molar-refractivity contribution in [1.82, 2.24) is 15.2 Å². The normalized spacial score (nSPS) is 17.7. The summed E-state index contributed by atoms with van der Waals surface area (Å²) in [5.41, 5.74) is 1.02. The van der Waals surface area contributed by atoms with Gasteiger partial charge in [0.05, 0.1) is 6.10 Å².